The highest BCUT2D eigenvalue weighted by molar-refractivity contribution is 5.63. The van der Waals surface area contributed by atoms with Crippen LogP contribution in [-0.4, -0.2) is 42.6 Å². The lowest BCUT2D eigenvalue weighted by Crippen LogP contribution is -2.34. The predicted molar refractivity (Wildman–Crippen MR) is 112 cm³/mol. The summed E-state index contributed by atoms with van der Waals surface area (Å²) >= 11 is 0. The fourth-order valence-corrected chi connectivity index (χ4v) is 4.10. The van der Waals surface area contributed by atoms with Gasteiger partial charge in [0.1, 0.15) is 0 Å². The Kier molecular flexibility index (Phi) is 4.77. The highest BCUT2D eigenvalue weighted by Crippen LogP contribution is 2.26. The SMILES string of the molecule is Cc1cccc(CN2CCC[C@H](c3nc4ccc(-c5cccnc5)cn4n3)C2)n1. The van der Waals surface area contributed by atoms with E-state index in [0.29, 0.717) is 5.92 Å². The molecule has 0 spiro atoms. The van der Waals surface area contributed by atoms with E-state index in [1.165, 1.54) is 0 Å². The van der Waals surface area contributed by atoms with Crippen molar-refractivity contribution >= 4 is 5.65 Å². The minimum Gasteiger partial charge on any atom is -0.297 e. The van der Waals surface area contributed by atoms with Gasteiger partial charge in [0, 0.05) is 54.4 Å². The van der Waals surface area contributed by atoms with Gasteiger partial charge in [-0.1, -0.05) is 12.1 Å². The molecular formula is C23H24N6. The molecule has 4 aromatic heterocycles. The molecule has 5 heterocycles. The van der Waals surface area contributed by atoms with Crippen molar-refractivity contribution < 1.29 is 0 Å². The molecule has 1 saturated heterocycles. The Morgan fingerprint density at radius 2 is 2.00 bits per heavy atom. The summed E-state index contributed by atoms with van der Waals surface area (Å²) in [6.45, 7) is 5.01. The zero-order valence-electron chi connectivity index (χ0n) is 16.6. The van der Waals surface area contributed by atoms with Gasteiger partial charge in [-0.15, -0.1) is 0 Å². The molecule has 1 aliphatic rings. The van der Waals surface area contributed by atoms with Gasteiger partial charge in [0.05, 0.1) is 5.69 Å². The Balaban J connectivity index is 1.35. The molecule has 0 radical (unpaired) electrons. The van der Waals surface area contributed by atoms with Crippen LogP contribution in [0.3, 0.4) is 0 Å². The second-order valence-corrected chi connectivity index (χ2v) is 7.78. The number of hydrogen-bond donors (Lipinski definition) is 0. The van der Waals surface area contributed by atoms with Gasteiger partial charge in [-0.3, -0.25) is 14.9 Å². The molecule has 1 atom stereocenters. The zero-order chi connectivity index (χ0) is 19.6. The summed E-state index contributed by atoms with van der Waals surface area (Å²) in [5, 5.41) is 4.82. The van der Waals surface area contributed by atoms with Gasteiger partial charge < -0.3 is 0 Å². The van der Waals surface area contributed by atoms with E-state index < -0.39 is 0 Å². The third-order valence-corrected chi connectivity index (χ3v) is 5.54. The molecular weight excluding hydrogens is 360 g/mol. The van der Waals surface area contributed by atoms with E-state index in [4.69, 9.17) is 10.1 Å². The van der Waals surface area contributed by atoms with Crippen LogP contribution in [0.4, 0.5) is 0 Å². The fraction of sp³-hybridized carbons (Fsp3) is 0.304. The Morgan fingerprint density at radius 1 is 1.03 bits per heavy atom. The normalized spacial score (nSPS) is 17.6. The topological polar surface area (TPSA) is 59.2 Å². The molecule has 1 aliphatic heterocycles. The van der Waals surface area contributed by atoms with Gasteiger partial charge in [0.2, 0.25) is 0 Å². The van der Waals surface area contributed by atoms with Crippen LogP contribution < -0.4 is 0 Å². The molecule has 0 unspecified atom stereocenters. The third-order valence-electron chi connectivity index (χ3n) is 5.54. The maximum atomic E-state index is 4.82. The van der Waals surface area contributed by atoms with Crippen LogP contribution in [-0.2, 0) is 6.54 Å². The maximum absolute atomic E-state index is 4.82. The largest absolute Gasteiger partial charge is 0.297 e. The van der Waals surface area contributed by atoms with Crippen LogP contribution in [0.5, 0.6) is 0 Å². The number of likely N-dealkylation sites (tertiary alicyclic amines) is 1. The van der Waals surface area contributed by atoms with Crippen LogP contribution in [0, 0.1) is 6.92 Å². The van der Waals surface area contributed by atoms with E-state index in [1.807, 2.05) is 42.0 Å². The second kappa shape index (κ2) is 7.72. The maximum Gasteiger partial charge on any atom is 0.156 e. The first-order chi connectivity index (χ1) is 14.2. The molecule has 4 aromatic rings. The molecule has 6 nitrogen and oxygen atoms in total. The van der Waals surface area contributed by atoms with Crippen molar-refractivity contribution in [2.24, 2.45) is 0 Å². The lowest BCUT2D eigenvalue weighted by atomic mass is 9.97. The first-order valence-electron chi connectivity index (χ1n) is 10.2. The van der Waals surface area contributed by atoms with E-state index in [0.717, 1.165) is 66.5 Å². The number of aromatic nitrogens is 5. The quantitative estimate of drug-likeness (QED) is 0.534. The molecule has 5 rings (SSSR count). The summed E-state index contributed by atoms with van der Waals surface area (Å²) in [7, 11) is 0. The molecule has 6 heteroatoms. The Bertz CT molecular complexity index is 1120. The summed E-state index contributed by atoms with van der Waals surface area (Å²) in [5.74, 6) is 1.30. The zero-order valence-corrected chi connectivity index (χ0v) is 16.6. The molecule has 29 heavy (non-hydrogen) atoms. The van der Waals surface area contributed by atoms with Crippen LogP contribution in [0.15, 0.2) is 61.1 Å². The highest BCUT2D eigenvalue weighted by Gasteiger charge is 2.25. The molecule has 0 aromatic carbocycles. The van der Waals surface area contributed by atoms with Gasteiger partial charge in [-0.25, -0.2) is 9.50 Å². The fourth-order valence-electron chi connectivity index (χ4n) is 4.10. The molecule has 146 valence electrons. The van der Waals surface area contributed by atoms with Crippen molar-refractivity contribution in [3.8, 4) is 11.1 Å². The lowest BCUT2D eigenvalue weighted by Gasteiger charge is -2.31. The first kappa shape index (κ1) is 17.9. The van der Waals surface area contributed by atoms with Gasteiger partial charge in [-0.2, -0.15) is 5.10 Å². The molecule has 0 aliphatic carbocycles. The summed E-state index contributed by atoms with van der Waals surface area (Å²) in [4.78, 5) is 16.2. The summed E-state index contributed by atoms with van der Waals surface area (Å²) in [6.07, 6.45) is 7.99. The molecule has 0 saturated carbocycles. The molecule has 1 fully saturated rings. The van der Waals surface area contributed by atoms with Gasteiger partial charge in [0.25, 0.3) is 0 Å². The number of aryl methyl sites for hydroxylation is 1. The molecule has 0 bridgehead atoms. The van der Waals surface area contributed by atoms with Crippen molar-refractivity contribution in [3.63, 3.8) is 0 Å². The summed E-state index contributed by atoms with van der Waals surface area (Å²) < 4.78 is 1.90. The van der Waals surface area contributed by atoms with Crippen LogP contribution in [0.1, 0.15) is 36.0 Å². The number of rotatable bonds is 4. The Morgan fingerprint density at radius 3 is 2.86 bits per heavy atom. The van der Waals surface area contributed by atoms with E-state index in [2.05, 4.69) is 39.1 Å². The number of pyridine rings is 3. The van der Waals surface area contributed by atoms with E-state index >= 15 is 0 Å². The third kappa shape index (κ3) is 3.89. The Hall–Kier alpha value is -3.12. The van der Waals surface area contributed by atoms with Crippen LogP contribution >= 0.6 is 0 Å². The summed E-state index contributed by atoms with van der Waals surface area (Å²) in [6, 6.07) is 14.4. The Labute approximate surface area is 170 Å². The number of hydrogen-bond acceptors (Lipinski definition) is 5. The lowest BCUT2D eigenvalue weighted by molar-refractivity contribution is 0.194. The smallest absolute Gasteiger partial charge is 0.156 e. The van der Waals surface area contributed by atoms with Crippen molar-refractivity contribution in [1.82, 2.24) is 29.5 Å². The van der Waals surface area contributed by atoms with E-state index in [1.54, 1.807) is 6.20 Å². The minimum absolute atomic E-state index is 0.357. The molecule has 0 amide bonds. The average molecular weight is 384 g/mol. The number of fused-ring (bicyclic) bond motifs is 1. The number of piperidine rings is 1. The van der Waals surface area contributed by atoms with Crippen molar-refractivity contribution in [2.45, 2.75) is 32.2 Å². The molecule has 0 N–H and O–H groups in total. The minimum atomic E-state index is 0.357. The van der Waals surface area contributed by atoms with Crippen LogP contribution in [0.2, 0.25) is 0 Å². The van der Waals surface area contributed by atoms with Crippen molar-refractivity contribution in [1.29, 1.82) is 0 Å². The predicted octanol–water partition coefficient (Wildman–Crippen LogP) is 3.87. The van der Waals surface area contributed by atoms with Gasteiger partial charge in [-0.05, 0) is 56.6 Å². The van der Waals surface area contributed by atoms with Crippen LogP contribution in [0.25, 0.3) is 16.8 Å². The van der Waals surface area contributed by atoms with Crippen molar-refractivity contribution in [3.05, 3.63) is 78.3 Å². The first-order valence-corrected chi connectivity index (χ1v) is 10.2. The van der Waals surface area contributed by atoms with Crippen molar-refractivity contribution in [2.75, 3.05) is 13.1 Å². The van der Waals surface area contributed by atoms with Gasteiger partial charge in [0.15, 0.2) is 11.5 Å². The summed E-state index contributed by atoms with van der Waals surface area (Å²) in [5.41, 5.74) is 5.28. The van der Waals surface area contributed by atoms with E-state index in [-0.39, 0.29) is 0 Å². The second-order valence-electron chi connectivity index (χ2n) is 7.78. The monoisotopic (exact) mass is 384 g/mol. The highest BCUT2D eigenvalue weighted by atomic mass is 15.3. The average Bonchev–Trinajstić information content (AvgIpc) is 3.18. The van der Waals surface area contributed by atoms with Gasteiger partial charge >= 0.3 is 0 Å². The van der Waals surface area contributed by atoms with E-state index in [9.17, 15) is 0 Å². The standard InChI is InChI=1S/C23H24N6/c1-17-5-2-8-21(25-17)16-28-12-4-7-20(14-28)23-26-22-10-9-19(15-29(22)27-23)18-6-3-11-24-13-18/h2-3,5-6,8-11,13,15,20H,4,7,12,14,16H2,1H3/t20-/m0/s1. The number of nitrogens with zero attached hydrogens (tertiary/aromatic N) is 6.